The molecule has 5 atom stereocenters. The average Bonchev–Trinajstić information content (AvgIpc) is 2.87. The van der Waals surface area contributed by atoms with Gasteiger partial charge >= 0.3 is 0 Å². The number of aromatic hydroxyl groups is 1. The number of hydrogen-bond acceptors (Lipinski definition) is 8. The number of carbonyl (C=O) groups excluding carboxylic acids is 2. The number of primary amides is 1. The van der Waals surface area contributed by atoms with Crippen LogP contribution in [0.25, 0.3) is 16.9 Å². The molecule has 0 heterocycles. The predicted octanol–water partition coefficient (Wildman–Crippen LogP) is 3.44. The van der Waals surface area contributed by atoms with Gasteiger partial charge < -0.3 is 36.4 Å². The number of benzene rings is 2. The number of nitrogens with two attached hydrogens (primary N) is 1. The molecule has 1 saturated carbocycles. The Morgan fingerprint density at radius 3 is 2.55 bits per heavy atom. The Morgan fingerprint density at radius 2 is 1.90 bits per heavy atom. The van der Waals surface area contributed by atoms with E-state index in [1.807, 2.05) is 18.2 Å². The monoisotopic (exact) mass is 575 g/mol. The molecule has 3 aliphatic carbocycles. The smallest absolute Gasteiger partial charge is 0.251 e. The van der Waals surface area contributed by atoms with Gasteiger partial charge in [-0.1, -0.05) is 38.1 Å². The number of phenols is 1. The first-order chi connectivity index (χ1) is 19.8. The van der Waals surface area contributed by atoms with Gasteiger partial charge in [0.1, 0.15) is 22.9 Å². The Balaban J connectivity index is 1.60. The fraction of sp³-hybridized carbons (Fsp3) is 0.455. The van der Waals surface area contributed by atoms with E-state index in [9.17, 15) is 30.0 Å². The lowest BCUT2D eigenvalue weighted by atomic mass is 9.55. The van der Waals surface area contributed by atoms with Gasteiger partial charge in [-0.05, 0) is 86.0 Å². The number of rotatable bonds is 7. The van der Waals surface area contributed by atoms with Crippen molar-refractivity contribution < 1.29 is 30.0 Å². The predicted molar refractivity (Wildman–Crippen MR) is 160 cm³/mol. The Hall–Kier alpha value is -3.66. The summed E-state index contributed by atoms with van der Waals surface area (Å²) in [5, 5.41) is 48.0. The summed E-state index contributed by atoms with van der Waals surface area (Å²) >= 11 is 0. The fourth-order valence-corrected chi connectivity index (χ4v) is 7.74. The number of likely N-dealkylation sites (N-methyl/N-ethyl adjacent to an activating group) is 1. The summed E-state index contributed by atoms with van der Waals surface area (Å²) in [7, 11) is 3.70. The second kappa shape index (κ2) is 10.9. The third-order valence-electron chi connectivity index (χ3n) is 9.19. The second-order valence-electron chi connectivity index (χ2n) is 12.7. The van der Waals surface area contributed by atoms with Crippen molar-refractivity contribution in [3.05, 3.63) is 70.0 Å². The van der Waals surface area contributed by atoms with Crippen LogP contribution in [0.3, 0.4) is 0 Å². The number of allylic oxidation sites excluding steroid dienone is 1. The highest BCUT2D eigenvalue weighted by Crippen LogP contribution is 2.54. The van der Waals surface area contributed by atoms with E-state index >= 15 is 0 Å². The molecule has 1 fully saturated rings. The van der Waals surface area contributed by atoms with E-state index in [-0.39, 0.29) is 28.4 Å². The SMILES string of the molecule is CN[C@@H]1C(O)=C(C(N)=O)C(C)(O)C2C(=O)C3=C(O)c4c(O)ccc(-c5cccc(CN(C)CC(C)C)c5)c4CC3CC21. The summed E-state index contributed by atoms with van der Waals surface area (Å²) < 4.78 is 0. The van der Waals surface area contributed by atoms with Crippen LogP contribution in [-0.4, -0.2) is 69.3 Å². The maximum atomic E-state index is 14.1. The lowest BCUT2D eigenvalue weighted by molar-refractivity contribution is -0.137. The quantitative estimate of drug-likeness (QED) is 0.293. The van der Waals surface area contributed by atoms with Gasteiger partial charge in [-0.3, -0.25) is 9.59 Å². The third-order valence-corrected chi connectivity index (χ3v) is 9.19. The number of nitrogens with zero attached hydrogens (tertiary/aromatic N) is 1. The van der Waals surface area contributed by atoms with Crippen LogP contribution in [0.5, 0.6) is 5.75 Å². The number of Topliss-reactive ketones (excluding diaryl/α,β-unsaturated/α-hetero) is 1. The van der Waals surface area contributed by atoms with Crippen molar-refractivity contribution in [2.24, 2.45) is 29.4 Å². The van der Waals surface area contributed by atoms with Gasteiger partial charge in [-0.2, -0.15) is 0 Å². The number of fused-ring (bicyclic) bond motifs is 3. The van der Waals surface area contributed by atoms with Crippen molar-refractivity contribution in [2.75, 3.05) is 20.6 Å². The van der Waals surface area contributed by atoms with Crippen molar-refractivity contribution in [3.8, 4) is 16.9 Å². The largest absolute Gasteiger partial charge is 0.510 e. The first-order valence-corrected chi connectivity index (χ1v) is 14.5. The van der Waals surface area contributed by atoms with Crippen LogP contribution in [0.4, 0.5) is 0 Å². The molecule has 0 aromatic heterocycles. The normalized spacial score (nSPS) is 27.3. The summed E-state index contributed by atoms with van der Waals surface area (Å²) in [5.74, 6) is -3.94. The Labute approximate surface area is 246 Å². The minimum Gasteiger partial charge on any atom is -0.510 e. The number of carbonyl (C=O) groups is 2. The van der Waals surface area contributed by atoms with Gasteiger partial charge in [-0.15, -0.1) is 0 Å². The van der Waals surface area contributed by atoms with E-state index in [0.29, 0.717) is 18.8 Å². The Kier molecular flexibility index (Phi) is 7.72. The highest BCUT2D eigenvalue weighted by atomic mass is 16.3. The lowest BCUT2D eigenvalue weighted by Crippen LogP contribution is -2.61. The molecule has 1 amide bonds. The van der Waals surface area contributed by atoms with E-state index in [4.69, 9.17) is 5.73 Å². The molecule has 7 N–H and O–H groups in total. The van der Waals surface area contributed by atoms with Crippen LogP contribution in [0, 0.1) is 23.7 Å². The van der Waals surface area contributed by atoms with Gasteiger partial charge in [0.2, 0.25) is 0 Å². The summed E-state index contributed by atoms with van der Waals surface area (Å²) in [5.41, 5.74) is 7.10. The number of ketones is 1. The molecule has 42 heavy (non-hydrogen) atoms. The van der Waals surface area contributed by atoms with Gasteiger partial charge in [0.05, 0.1) is 23.1 Å². The molecule has 0 saturated heterocycles. The zero-order chi connectivity index (χ0) is 30.7. The minimum absolute atomic E-state index is 0.126. The maximum absolute atomic E-state index is 14.1. The molecule has 2 aromatic rings. The van der Waals surface area contributed by atoms with Gasteiger partial charge in [0.15, 0.2) is 5.78 Å². The molecule has 2 aromatic carbocycles. The summed E-state index contributed by atoms with van der Waals surface area (Å²) in [6.45, 7) is 7.41. The number of aliphatic hydroxyl groups is 3. The molecule has 5 rings (SSSR count). The Bertz CT molecular complexity index is 1510. The topological polar surface area (TPSA) is 156 Å². The number of aliphatic hydroxyl groups excluding tert-OH is 2. The maximum Gasteiger partial charge on any atom is 0.251 e. The van der Waals surface area contributed by atoms with E-state index in [1.54, 1.807) is 7.05 Å². The molecule has 0 spiro atoms. The second-order valence-corrected chi connectivity index (χ2v) is 12.7. The van der Waals surface area contributed by atoms with Crippen LogP contribution in [0.2, 0.25) is 0 Å². The minimum atomic E-state index is -2.05. The molecule has 0 aliphatic heterocycles. The highest BCUT2D eigenvalue weighted by Gasteiger charge is 2.59. The number of nitrogens with one attached hydrogen (secondary N) is 1. The van der Waals surface area contributed by atoms with E-state index < -0.39 is 46.7 Å². The molecule has 3 aliphatic rings. The van der Waals surface area contributed by atoms with Crippen molar-refractivity contribution in [3.63, 3.8) is 0 Å². The zero-order valence-electron chi connectivity index (χ0n) is 24.8. The first kappa shape index (κ1) is 29.8. The first-order valence-electron chi connectivity index (χ1n) is 14.5. The van der Waals surface area contributed by atoms with E-state index in [0.717, 1.165) is 35.3 Å². The zero-order valence-corrected chi connectivity index (χ0v) is 24.8. The standard InChI is InChI=1S/C33H41N3O6/c1-16(2)14-36(5)15-17-7-6-8-18(11-17)20-9-10-23(37)25-21(20)12-19-13-22-26(30(39)24(19)29(25)38)33(3,42)27(32(34)41)31(40)28(22)35-4/h6-11,16,19,22,26,28,35,37-38,40,42H,12-15H2,1-5H3,(H2,34,41)/t19?,22?,26?,28-,33?/m0/s1. The van der Waals surface area contributed by atoms with Gasteiger partial charge in [0.25, 0.3) is 5.91 Å². The lowest BCUT2D eigenvalue weighted by Gasteiger charge is -2.50. The molecular formula is C33H41N3O6. The van der Waals surface area contributed by atoms with Crippen molar-refractivity contribution in [1.82, 2.24) is 10.2 Å². The van der Waals surface area contributed by atoms with Crippen LogP contribution in [-0.2, 0) is 22.6 Å². The van der Waals surface area contributed by atoms with Gasteiger partial charge in [-0.25, -0.2) is 0 Å². The van der Waals surface area contributed by atoms with Crippen molar-refractivity contribution in [2.45, 2.75) is 51.8 Å². The Morgan fingerprint density at radius 1 is 1.19 bits per heavy atom. The van der Waals surface area contributed by atoms with E-state index in [1.165, 1.54) is 13.0 Å². The average molecular weight is 576 g/mol. The molecule has 0 radical (unpaired) electrons. The van der Waals surface area contributed by atoms with Crippen LogP contribution in [0.15, 0.2) is 53.3 Å². The molecule has 9 nitrogen and oxygen atoms in total. The van der Waals surface area contributed by atoms with Crippen LogP contribution in [0.1, 0.15) is 43.9 Å². The number of hydrogen-bond donors (Lipinski definition) is 6. The number of amides is 1. The molecular weight excluding hydrogens is 534 g/mol. The summed E-state index contributed by atoms with van der Waals surface area (Å²) in [6.07, 6.45) is 0.721. The van der Waals surface area contributed by atoms with Crippen LogP contribution >= 0.6 is 0 Å². The van der Waals surface area contributed by atoms with Crippen molar-refractivity contribution in [1.29, 1.82) is 0 Å². The highest BCUT2D eigenvalue weighted by molar-refractivity contribution is 6.08. The molecule has 9 heteroatoms. The van der Waals surface area contributed by atoms with Crippen molar-refractivity contribution >= 4 is 17.4 Å². The third kappa shape index (κ3) is 4.79. The van der Waals surface area contributed by atoms with Gasteiger partial charge in [0, 0.05) is 18.7 Å². The molecule has 224 valence electrons. The molecule has 0 bridgehead atoms. The van der Waals surface area contributed by atoms with Crippen LogP contribution < -0.4 is 11.1 Å². The molecule has 4 unspecified atom stereocenters. The summed E-state index contributed by atoms with van der Waals surface area (Å²) in [4.78, 5) is 28.7. The number of phenolic OH excluding ortho intramolecular Hbond substituents is 1. The van der Waals surface area contributed by atoms with E-state index in [2.05, 4.69) is 43.2 Å². The summed E-state index contributed by atoms with van der Waals surface area (Å²) in [6, 6.07) is 10.8. The fourth-order valence-electron chi connectivity index (χ4n) is 7.74.